The van der Waals surface area contributed by atoms with E-state index in [0.29, 0.717) is 27.4 Å². The summed E-state index contributed by atoms with van der Waals surface area (Å²) in [5.41, 5.74) is 2.24. The minimum absolute atomic E-state index is 0.156. The Balaban J connectivity index is 1.82. The second-order valence-electron chi connectivity index (χ2n) is 5.82. The average molecular weight is 402 g/mol. The van der Waals surface area contributed by atoms with Gasteiger partial charge in [-0.3, -0.25) is 4.79 Å². The summed E-state index contributed by atoms with van der Waals surface area (Å²) < 4.78 is 5.39. The van der Waals surface area contributed by atoms with Crippen LogP contribution >= 0.6 is 34.8 Å². The monoisotopic (exact) mass is 400 g/mol. The average Bonchev–Trinajstić information content (AvgIpc) is 2.56. The summed E-state index contributed by atoms with van der Waals surface area (Å²) in [7, 11) is 4.04. The van der Waals surface area contributed by atoms with Gasteiger partial charge in [-0.25, -0.2) is 0 Å². The molecular formula is C18H19Cl3N2O2. The first-order chi connectivity index (χ1) is 11.8. The van der Waals surface area contributed by atoms with E-state index < -0.39 is 0 Å². The van der Waals surface area contributed by atoms with E-state index in [-0.39, 0.29) is 12.5 Å². The molecule has 0 aliphatic heterocycles. The molecule has 1 N–H and O–H groups in total. The normalized spacial score (nSPS) is 10.8. The van der Waals surface area contributed by atoms with Crippen LogP contribution in [0.5, 0.6) is 5.75 Å². The first-order valence-corrected chi connectivity index (χ1v) is 8.75. The zero-order valence-corrected chi connectivity index (χ0v) is 16.3. The molecule has 4 nitrogen and oxygen atoms in total. The SMILES string of the molecule is CN(C)Cc1ccc(CNC(=O)COc2cc(Cl)c(Cl)cc2Cl)cc1. The predicted molar refractivity (Wildman–Crippen MR) is 103 cm³/mol. The lowest BCUT2D eigenvalue weighted by molar-refractivity contribution is -0.123. The van der Waals surface area contributed by atoms with Crippen molar-refractivity contribution in [3.8, 4) is 5.75 Å². The molecule has 0 radical (unpaired) electrons. The predicted octanol–water partition coefficient (Wildman–Crippen LogP) is 4.40. The van der Waals surface area contributed by atoms with E-state index in [0.717, 1.165) is 12.1 Å². The first-order valence-electron chi connectivity index (χ1n) is 7.61. The highest BCUT2D eigenvalue weighted by molar-refractivity contribution is 6.43. The van der Waals surface area contributed by atoms with Gasteiger partial charge in [0.15, 0.2) is 6.61 Å². The minimum atomic E-state index is -0.250. The van der Waals surface area contributed by atoms with Gasteiger partial charge in [-0.2, -0.15) is 0 Å². The number of hydrogen-bond donors (Lipinski definition) is 1. The van der Waals surface area contributed by atoms with Crippen LogP contribution in [0, 0.1) is 0 Å². The van der Waals surface area contributed by atoms with Gasteiger partial charge in [0.2, 0.25) is 0 Å². The zero-order valence-electron chi connectivity index (χ0n) is 14.0. The maximum absolute atomic E-state index is 11.9. The van der Waals surface area contributed by atoms with Crippen molar-refractivity contribution in [2.24, 2.45) is 0 Å². The fraction of sp³-hybridized carbons (Fsp3) is 0.278. The Bertz CT molecular complexity index is 734. The lowest BCUT2D eigenvalue weighted by atomic mass is 10.1. The van der Waals surface area contributed by atoms with Gasteiger partial charge >= 0.3 is 0 Å². The molecule has 0 fully saturated rings. The van der Waals surface area contributed by atoms with Gasteiger partial charge in [0.05, 0.1) is 15.1 Å². The fourth-order valence-electron chi connectivity index (χ4n) is 2.14. The smallest absolute Gasteiger partial charge is 0.258 e. The van der Waals surface area contributed by atoms with E-state index >= 15 is 0 Å². The number of benzene rings is 2. The Morgan fingerprint density at radius 2 is 1.60 bits per heavy atom. The van der Waals surface area contributed by atoms with Crippen LogP contribution in [0.15, 0.2) is 36.4 Å². The van der Waals surface area contributed by atoms with E-state index in [1.54, 1.807) is 0 Å². The van der Waals surface area contributed by atoms with E-state index in [2.05, 4.69) is 10.2 Å². The summed E-state index contributed by atoms with van der Waals surface area (Å²) in [6.07, 6.45) is 0. The first kappa shape index (κ1) is 19.9. The van der Waals surface area contributed by atoms with Crippen LogP contribution in [0.3, 0.4) is 0 Å². The van der Waals surface area contributed by atoms with Gasteiger partial charge in [-0.05, 0) is 31.3 Å². The van der Waals surface area contributed by atoms with Crippen molar-refractivity contribution in [2.75, 3.05) is 20.7 Å². The molecule has 0 aliphatic rings. The van der Waals surface area contributed by atoms with Gasteiger partial charge in [0.25, 0.3) is 5.91 Å². The number of carbonyl (C=O) groups is 1. The molecular weight excluding hydrogens is 383 g/mol. The minimum Gasteiger partial charge on any atom is -0.482 e. The van der Waals surface area contributed by atoms with Crippen LogP contribution in [0.2, 0.25) is 15.1 Å². The summed E-state index contributed by atoms with van der Waals surface area (Å²) in [4.78, 5) is 14.0. The lowest BCUT2D eigenvalue weighted by Crippen LogP contribution is -2.28. The lowest BCUT2D eigenvalue weighted by Gasteiger charge is -2.11. The topological polar surface area (TPSA) is 41.6 Å². The molecule has 2 aromatic rings. The van der Waals surface area contributed by atoms with Crippen molar-refractivity contribution in [1.82, 2.24) is 10.2 Å². The van der Waals surface area contributed by atoms with Gasteiger partial charge in [-0.1, -0.05) is 59.1 Å². The van der Waals surface area contributed by atoms with Gasteiger partial charge in [-0.15, -0.1) is 0 Å². The quantitative estimate of drug-likeness (QED) is 0.699. The van der Waals surface area contributed by atoms with Crippen molar-refractivity contribution in [1.29, 1.82) is 0 Å². The van der Waals surface area contributed by atoms with Gasteiger partial charge < -0.3 is 15.0 Å². The third-order valence-corrected chi connectivity index (χ3v) is 4.36. The molecule has 25 heavy (non-hydrogen) atoms. The summed E-state index contributed by atoms with van der Waals surface area (Å²) >= 11 is 17.8. The molecule has 0 bridgehead atoms. The third-order valence-electron chi connectivity index (χ3n) is 3.35. The Labute approximate surface area is 162 Å². The number of halogens is 3. The van der Waals surface area contributed by atoms with E-state index in [9.17, 15) is 4.79 Å². The van der Waals surface area contributed by atoms with Crippen molar-refractivity contribution in [3.63, 3.8) is 0 Å². The molecule has 0 heterocycles. The maximum Gasteiger partial charge on any atom is 0.258 e. The molecule has 0 unspecified atom stereocenters. The number of ether oxygens (including phenoxy) is 1. The second kappa shape index (κ2) is 9.30. The highest BCUT2D eigenvalue weighted by Crippen LogP contribution is 2.33. The fourth-order valence-corrected chi connectivity index (χ4v) is 2.73. The standard InChI is InChI=1S/C18H19Cl3N2O2/c1-23(2)10-13-5-3-12(4-6-13)9-22-18(24)11-25-17-8-15(20)14(19)7-16(17)21/h3-8H,9-11H2,1-2H3,(H,22,24). The van der Waals surface area contributed by atoms with Crippen LogP contribution in [0.25, 0.3) is 0 Å². The van der Waals surface area contributed by atoms with Crippen molar-refractivity contribution in [2.45, 2.75) is 13.1 Å². The number of amides is 1. The number of nitrogens with one attached hydrogen (secondary N) is 1. The number of hydrogen-bond acceptors (Lipinski definition) is 3. The molecule has 0 atom stereocenters. The van der Waals surface area contributed by atoms with E-state index in [1.807, 2.05) is 38.4 Å². The summed E-state index contributed by atoms with van der Waals surface area (Å²) in [5, 5.41) is 3.76. The van der Waals surface area contributed by atoms with Crippen LogP contribution in [0.1, 0.15) is 11.1 Å². The molecule has 0 saturated heterocycles. The Morgan fingerprint density at radius 3 is 2.24 bits per heavy atom. The molecule has 0 aliphatic carbocycles. The van der Waals surface area contributed by atoms with Crippen molar-refractivity contribution < 1.29 is 9.53 Å². The number of rotatable bonds is 7. The van der Waals surface area contributed by atoms with Crippen LogP contribution in [-0.2, 0) is 17.9 Å². The maximum atomic E-state index is 11.9. The summed E-state index contributed by atoms with van der Waals surface area (Å²) in [6, 6.07) is 11.1. The summed E-state index contributed by atoms with van der Waals surface area (Å²) in [5.74, 6) is 0.0683. The van der Waals surface area contributed by atoms with Gasteiger partial charge in [0, 0.05) is 19.2 Å². The largest absolute Gasteiger partial charge is 0.482 e. The van der Waals surface area contributed by atoms with Crippen LogP contribution in [-0.4, -0.2) is 31.5 Å². The molecule has 0 saturated carbocycles. The van der Waals surface area contributed by atoms with Crippen LogP contribution < -0.4 is 10.1 Å². The molecule has 134 valence electrons. The third kappa shape index (κ3) is 6.40. The van der Waals surface area contributed by atoms with Crippen LogP contribution in [0.4, 0.5) is 0 Å². The van der Waals surface area contributed by atoms with Crippen molar-refractivity contribution in [3.05, 3.63) is 62.6 Å². The van der Waals surface area contributed by atoms with Crippen molar-refractivity contribution >= 4 is 40.7 Å². The highest BCUT2D eigenvalue weighted by Gasteiger charge is 2.09. The van der Waals surface area contributed by atoms with Gasteiger partial charge in [0.1, 0.15) is 5.75 Å². The Kier molecular flexibility index (Phi) is 7.38. The Morgan fingerprint density at radius 1 is 1.00 bits per heavy atom. The summed E-state index contributed by atoms with van der Waals surface area (Å²) in [6.45, 7) is 1.15. The Hall–Kier alpha value is -1.46. The highest BCUT2D eigenvalue weighted by atomic mass is 35.5. The second-order valence-corrected chi connectivity index (χ2v) is 7.04. The molecule has 2 rings (SSSR count). The molecule has 7 heteroatoms. The zero-order chi connectivity index (χ0) is 18.4. The molecule has 2 aromatic carbocycles. The number of nitrogens with zero attached hydrogens (tertiary/aromatic N) is 1. The molecule has 0 aromatic heterocycles. The number of carbonyl (C=O) groups excluding carboxylic acids is 1. The van der Waals surface area contributed by atoms with E-state index in [1.165, 1.54) is 17.7 Å². The van der Waals surface area contributed by atoms with E-state index in [4.69, 9.17) is 39.5 Å². The molecule has 0 spiro atoms. The molecule has 1 amide bonds.